The second-order valence-electron chi connectivity index (χ2n) is 3.51. The molecule has 2 rings (SSSR count). The molecule has 0 saturated carbocycles. The van der Waals surface area contributed by atoms with Crippen molar-refractivity contribution in [2.24, 2.45) is 0 Å². The first kappa shape index (κ1) is 11.3. The van der Waals surface area contributed by atoms with Gasteiger partial charge in [-0.15, -0.1) is 10.2 Å². The molecule has 0 aliphatic carbocycles. The Morgan fingerprint density at radius 2 is 2.18 bits per heavy atom. The monoisotopic (exact) mass is 232 g/mol. The van der Waals surface area contributed by atoms with Crippen LogP contribution in [0.5, 0.6) is 0 Å². The first-order valence-electron chi connectivity index (χ1n) is 5.16. The molecule has 2 aromatic rings. The molecular weight excluding hydrogens is 220 g/mol. The summed E-state index contributed by atoms with van der Waals surface area (Å²) in [7, 11) is 1.36. The number of nitrogens with one attached hydrogen (secondary N) is 1. The minimum atomic E-state index is -0.302. The maximum Gasteiger partial charge on any atom is 0.306 e. The Bertz CT molecular complexity index is 469. The number of benzene rings is 1. The van der Waals surface area contributed by atoms with Gasteiger partial charge in [0.2, 0.25) is 0 Å². The van der Waals surface area contributed by atoms with Crippen molar-refractivity contribution in [1.82, 2.24) is 20.6 Å². The first-order chi connectivity index (χ1) is 8.31. The Hall–Kier alpha value is -2.24. The van der Waals surface area contributed by atoms with Crippen molar-refractivity contribution in [3.05, 3.63) is 41.7 Å². The fraction of sp³-hybridized carbons (Fsp3) is 0.273. The summed E-state index contributed by atoms with van der Waals surface area (Å²) in [4.78, 5) is 11.4. The third kappa shape index (κ3) is 2.66. The van der Waals surface area contributed by atoms with Gasteiger partial charge in [-0.1, -0.05) is 35.5 Å². The predicted octanol–water partition coefficient (Wildman–Crippen LogP) is 0.895. The number of carbonyl (C=O) groups excluding carboxylic acids is 1. The summed E-state index contributed by atoms with van der Waals surface area (Å²) in [5.74, 6) is -0.0485. The Balaban J connectivity index is 2.28. The maximum atomic E-state index is 11.4. The highest BCUT2D eigenvalue weighted by Gasteiger charge is 2.22. The van der Waals surface area contributed by atoms with Crippen LogP contribution in [-0.4, -0.2) is 33.7 Å². The molecule has 0 bridgehead atoms. The number of ether oxygens (including phenoxy) is 1. The molecule has 0 radical (unpaired) electrons. The smallest absolute Gasteiger partial charge is 0.306 e. The molecule has 1 aromatic heterocycles. The Labute approximate surface area is 98.0 Å². The number of hydrogen-bond donors (Lipinski definition) is 1. The van der Waals surface area contributed by atoms with Gasteiger partial charge in [-0.2, -0.15) is 5.21 Å². The van der Waals surface area contributed by atoms with Crippen molar-refractivity contribution < 1.29 is 9.53 Å². The molecule has 1 heterocycles. The van der Waals surface area contributed by atoms with Gasteiger partial charge in [-0.05, 0) is 5.56 Å². The Kier molecular flexibility index (Phi) is 3.44. The number of tetrazole rings is 1. The zero-order valence-corrected chi connectivity index (χ0v) is 9.33. The topological polar surface area (TPSA) is 80.8 Å². The van der Waals surface area contributed by atoms with Crippen molar-refractivity contribution in [3.63, 3.8) is 0 Å². The lowest BCUT2D eigenvalue weighted by atomic mass is 9.95. The van der Waals surface area contributed by atoms with Gasteiger partial charge in [0.15, 0.2) is 5.82 Å². The fourth-order valence-electron chi connectivity index (χ4n) is 1.61. The Morgan fingerprint density at radius 3 is 2.76 bits per heavy atom. The summed E-state index contributed by atoms with van der Waals surface area (Å²) in [6.45, 7) is 0. The number of aromatic amines is 1. The molecule has 0 aliphatic heterocycles. The quantitative estimate of drug-likeness (QED) is 0.792. The number of carbonyl (C=O) groups is 1. The van der Waals surface area contributed by atoms with E-state index in [1.54, 1.807) is 0 Å². The number of aromatic nitrogens is 4. The van der Waals surface area contributed by atoms with Crippen molar-refractivity contribution in [1.29, 1.82) is 0 Å². The third-order valence-corrected chi connectivity index (χ3v) is 2.47. The second kappa shape index (κ2) is 5.20. The summed E-state index contributed by atoms with van der Waals surface area (Å²) in [6, 6.07) is 9.56. The summed E-state index contributed by atoms with van der Waals surface area (Å²) in [5, 5.41) is 13.8. The molecule has 0 saturated heterocycles. The zero-order valence-electron chi connectivity index (χ0n) is 9.33. The van der Waals surface area contributed by atoms with E-state index in [-0.39, 0.29) is 18.3 Å². The average molecular weight is 232 g/mol. The third-order valence-electron chi connectivity index (χ3n) is 2.47. The molecule has 1 unspecified atom stereocenters. The summed E-state index contributed by atoms with van der Waals surface area (Å²) < 4.78 is 4.68. The van der Waals surface area contributed by atoms with Gasteiger partial charge in [0.05, 0.1) is 19.4 Å². The van der Waals surface area contributed by atoms with Gasteiger partial charge in [-0.25, -0.2) is 0 Å². The van der Waals surface area contributed by atoms with Crippen LogP contribution in [0.2, 0.25) is 0 Å². The molecular formula is C11H12N4O2. The lowest BCUT2D eigenvalue weighted by Gasteiger charge is -2.11. The molecule has 1 N–H and O–H groups in total. The minimum Gasteiger partial charge on any atom is -0.469 e. The molecule has 88 valence electrons. The minimum absolute atomic E-state index is 0.194. The number of rotatable bonds is 4. The summed E-state index contributed by atoms with van der Waals surface area (Å²) in [5.41, 5.74) is 0.958. The molecule has 17 heavy (non-hydrogen) atoms. The van der Waals surface area contributed by atoms with Crippen LogP contribution in [0.1, 0.15) is 23.7 Å². The van der Waals surface area contributed by atoms with Gasteiger partial charge < -0.3 is 4.74 Å². The molecule has 0 fully saturated rings. The van der Waals surface area contributed by atoms with E-state index < -0.39 is 0 Å². The van der Waals surface area contributed by atoms with Gasteiger partial charge in [0.1, 0.15) is 0 Å². The largest absolute Gasteiger partial charge is 0.469 e. The molecule has 6 heteroatoms. The highest BCUT2D eigenvalue weighted by Crippen LogP contribution is 2.24. The Morgan fingerprint density at radius 1 is 1.41 bits per heavy atom. The van der Waals surface area contributed by atoms with E-state index in [1.165, 1.54) is 7.11 Å². The van der Waals surface area contributed by atoms with Crippen molar-refractivity contribution in [3.8, 4) is 0 Å². The van der Waals surface area contributed by atoms with Crippen LogP contribution >= 0.6 is 0 Å². The SMILES string of the molecule is COC(=O)CC(c1ccccc1)c1nn[nH]n1. The van der Waals surface area contributed by atoms with Crippen molar-refractivity contribution in [2.45, 2.75) is 12.3 Å². The first-order valence-corrected chi connectivity index (χ1v) is 5.16. The van der Waals surface area contributed by atoms with Crippen LogP contribution < -0.4 is 0 Å². The number of methoxy groups -OCH3 is 1. The van der Waals surface area contributed by atoms with Gasteiger partial charge in [0, 0.05) is 0 Å². The molecule has 1 atom stereocenters. The van der Waals surface area contributed by atoms with Crippen molar-refractivity contribution >= 4 is 5.97 Å². The van der Waals surface area contributed by atoms with Crippen LogP contribution in [0.15, 0.2) is 30.3 Å². The average Bonchev–Trinajstić information content (AvgIpc) is 2.90. The van der Waals surface area contributed by atoms with E-state index in [0.29, 0.717) is 5.82 Å². The van der Waals surface area contributed by atoms with E-state index in [9.17, 15) is 4.79 Å². The highest BCUT2D eigenvalue weighted by atomic mass is 16.5. The summed E-state index contributed by atoms with van der Waals surface area (Å²) >= 11 is 0. The van der Waals surface area contributed by atoms with Crippen LogP contribution in [0.25, 0.3) is 0 Å². The zero-order chi connectivity index (χ0) is 12.1. The summed E-state index contributed by atoms with van der Waals surface area (Å²) in [6.07, 6.45) is 0.194. The number of esters is 1. The molecule has 0 aliphatic rings. The molecule has 1 aromatic carbocycles. The standard InChI is InChI=1S/C11H12N4O2/c1-17-10(16)7-9(11-12-14-15-13-11)8-5-3-2-4-6-8/h2-6,9H,7H2,1H3,(H,12,13,14,15). The van der Waals surface area contributed by atoms with Crippen LogP contribution in [0, 0.1) is 0 Å². The fourth-order valence-corrected chi connectivity index (χ4v) is 1.61. The van der Waals surface area contributed by atoms with Gasteiger partial charge in [-0.3, -0.25) is 4.79 Å². The number of H-pyrrole nitrogens is 1. The molecule has 6 nitrogen and oxygen atoms in total. The second-order valence-corrected chi connectivity index (χ2v) is 3.51. The van der Waals surface area contributed by atoms with E-state index in [4.69, 9.17) is 0 Å². The van der Waals surface area contributed by atoms with E-state index >= 15 is 0 Å². The van der Waals surface area contributed by atoms with Crippen molar-refractivity contribution in [2.75, 3.05) is 7.11 Å². The van der Waals surface area contributed by atoms with E-state index in [1.807, 2.05) is 30.3 Å². The van der Waals surface area contributed by atoms with Crippen LogP contribution in [0.4, 0.5) is 0 Å². The maximum absolute atomic E-state index is 11.4. The predicted molar refractivity (Wildman–Crippen MR) is 59.1 cm³/mol. The number of hydrogen-bond acceptors (Lipinski definition) is 5. The lowest BCUT2D eigenvalue weighted by molar-refractivity contribution is -0.140. The van der Waals surface area contributed by atoms with E-state index in [0.717, 1.165) is 5.56 Å². The normalized spacial score (nSPS) is 12.1. The van der Waals surface area contributed by atoms with Crippen LogP contribution in [-0.2, 0) is 9.53 Å². The van der Waals surface area contributed by atoms with Crippen LogP contribution in [0.3, 0.4) is 0 Å². The number of nitrogens with zero attached hydrogens (tertiary/aromatic N) is 3. The van der Waals surface area contributed by atoms with Gasteiger partial charge >= 0.3 is 5.97 Å². The highest BCUT2D eigenvalue weighted by molar-refractivity contribution is 5.70. The molecule has 0 spiro atoms. The molecule has 0 amide bonds. The van der Waals surface area contributed by atoms with E-state index in [2.05, 4.69) is 25.4 Å². The van der Waals surface area contributed by atoms with Gasteiger partial charge in [0.25, 0.3) is 0 Å². The lowest BCUT2D eigenvalue weighted by Crippen LogP contribution is -2.11.